The Bertz CT molecular complexity index is 896. The number of H-pyrrole nitrogens is 1. The van der Waals surface area contributed by atoms with Gasteiger partial charge in [-0.1, -0.05) is 18.2 Å². The molecule has 0 aliphatic rings. The van der Waals surface area contributed by atoms with Crippen LogP contribution in [0, 0.1) is 5.82 Å². The molecule has 0 spiro atoms. The summed E-state index contributed by atoms with van der Waals surface area (Å²) in [5, 5.41) is 10.1. The number of aromatic amines is 1. The van der Waals surface area contributed by atoms with Crippen LogP contribution in [0.25, 0.3) is 10.9 Å². The average Bonchev–Trinajstić information content (AvgIpc) is 3.01. The van der Waals surface area contributed by atoms with Gasteiger partial charge in [-0.15, -0.1) is 0 Å². The molecule has 0 fully saturated rings. The molecule has 2 aromatic carbocycles. The van der Waals surface area contributed by atoms with Crippen molar-refractivity contribution in [3.8, 4) is 5.75 Å². The lowest BCUT2D eigenvalue weighted by atomic mass is 10.1. The molecule has 2 N–H and O–H groups in total. The van der Waals surface area contributed by atoms with Gasteiger partial charge in [-0.3, -0.25) is 9.89 Å². The van der Waals surface area contributed by atoms with Crippen LogP contribution < -0.4 is 10.1 Å². The third kappa shape index (κ3) is 4.09. The quantitative estimate of drug-likeness (QED) is 0.718. The summed E-state index contributed by atoms with van der Waals surface area (Å²) in [6.45, 7) is -3.32. The van der Waals surface area contributed by atoms with Crippen molar-refractivity contribution < 1.29 is 22.7 Å². The summed E-state index contributed by atoms with van der Waals surface area (Å²) in [6.07, 6.45) is 1.73. The van der Waals surface area contributed by atoms with E-state index in [0.717, 1.165) is 22.5 Å². The smallest absolute Gasteiger partial charge is 0.387 e. The Morgan fingerprint density at radius 1 is 1.28 bits per heavy atom. The van der Waals surface area contributed by atoms with E-state index in [9.17, 15) is 18.0 Å². The minimum atomic E-state index is -3.07. The summed E-state index contributed by atoms with van der Waals surface area (Å²) in [4.78, 5) is 12.1. The zero-order valence-corrected chi connectivity index (χ0v) is 12.9. The Morgan fingerprint density at radius 2 is 2.12 bits per heavy atom. The zero-order valence-electron chi connectivity index (χ0n) is 12.9. The summed E-state index contributed by atoms with van der Waals surface area (Å²) in [7, 11) is 0. The molecule has 0 saturated carbocycles. The predicted molar refractivity (Wildman–Crippen MR) is 84.7 cm³/mol. The van der Waals surface area contributed by atoms with E-state index in [1.54, 1.807) is 18.3 Å². The lowest BCUT2D eigenvalue weighted by Crippen LogP contribution is -2.25. The summed E-state index contributed by atoms with van der Waals surface area (Å²) in [5.41, 5.74) is 1.42. The maximum atomic E-state index is 13.8. The van der Waals surface area contributed by atoms with Crippen molar-refractivity contribution in [2.45, 2.75) is 19.6 Å². The molecule has 130 valence electrons. The van der Waals surface area contributed by atoms with Crippen molar-refractivity contribution in [2.24, 2.45) is 0 Å². The Labute approximate surface area is 140 Å². The van der Waals surface area contributed by atoms with Gasteiger partial charge in [0.2, 0.25) is 5.91 Å². The first-order valence-electron chi connectivity index (χ1n) is 7.44. The number of hydrogen-bond acceptors (Lipinski definition) is 3. The fourth-order valence-corrected chi connectivity index (χ4v) is 2.45. The molecule has 0 saturated heterocycles. The largest absolute Gasteiger partial charge is 0.434 e. The van der Waals surface area contributed by atoms with Crippen molar-refractivity contribution in [3.05, 3.63) is 59.5 Å². The number of ether oxygens (including phenoxy) is 1. The molecule has 1 amide bonds. The highest BCUT2D eigenvalue weighted by Gasteiger charge is 2.14. The van der Waals surface area contributed by atoms with Gasteiger partial charge in [-0.25, -0.2) is 4.39 Å². The van der Waals surface area contributed by atoms with Crippen LogP contribution in [0.4, 0.5) is 13.2 Å². The molecule has 0 aliphatic carbocycles. The van der Waals surface area contributed by atoms with Crippen LogP contribution in [0.5, 0.6) is 5.75 Å². The van der Waals surface area contributed by atoms with Crippen LogP contribution in [-0.2, 0) is 17.8 Å². The standard InChI is InChI=1S/C17H14F3N3O2/c18-13-2-1-3-15(25-17(19)20)12(13)9-21-16(24)7-10-4-5-11-8-22-23-14(11)6-10/h1-6,8,17H,7,9H2,(H,21,24)(H,22,23). The van der Waals surface area contributed by atoms with E-state index in [1.807, 2.05) is 6.07 Å². The number of halogens is 3. The van der Waals surface area contributed by atoms with Gasteiger partial charge >= 0.3 is 6.61 Å². The summed E-state index contributed by atoms with van der Waals surface area (Å²) in [6, 6.07) is 9.00. The molecule has 5 nitrogen and oxygen atoms in total. The molecule has 3 rings (SSSR count). The van der Waals surface area contributed by atoms with Crippen molar-refractivity contribution in [1.29, 1.82) is 0 Å². The van der Waals surface area contributed by atoms with E-state index in [0.29, 0.717) is 0 Å². The molecule has 0 bridgehead atoms. The molecular formula is C17H14F3N3O2. The zero-order chi connectivity index (χ0) is 17.8. The summed E-state index contributed by atoms with van der Waals surface area (Å²) in [5.74, 6) is -1.39. The highest BCUT2D eigenvalue weighted by atomic mass is 19.3. The number of alkyl halides is 2. The lowest BCUT2D eigenvalue weighted by molar-refractivity contribution is -0.120. The average molecular weight is 349 g/mol. The van der Waals surface area contributed by atoms with E-state index in [4.69, 9.17) is 0 Å². The van der Waals surface area contributed by atoms with Gasteiger partial charge in [0.1, 0.15) is 11.6 Å². The first-order valence-corrected chi connectivity index (χ1v) is 7.44. The summed E-state index contributed by atoms with van der Waals surface area (Å²) >= 11 is 0. The van der Waals surface area contributed by atoms with Gasteiger partial charge in [0.05, 0.1) is 18.1 Å². The number of amides is 1. The number of benzene rings is 2. The number of carbonyl (C=O) groups excluding carboxylic acids is 1. The molecule has 25 heavy (non-hydrogen) atoms. The van der Waals surface area contributed by atoms with E-state index >= 15 is 0 Å². The molecule has 0 atom stereocenters. The third-order valence-electron chi connectivity index (χ3n) is 3.63. The second kappa shape index (κ2) is 7.25. The SMILES string of the molecule is O=C(Cc1ccc2cn[nH]c2c1)NCc1c(F)cccc1OC(F)F. The van der Waals surface area contributed by atoms with Gasteiger partial charge in [-0.2, -0.15) is 13.9 Å². The molecular weight excluding hydrogens is 335 g/mol. The van der Waals surface area contributed by atoms with Crippen LogP contribution in [0.3, 0.4) is 0 Å². The molecule has 0 unspecified atom stereocenters. The Balaban J connectivity index is 1.66. The normalized spacial score (nSPS) is 11.0. The highest BCUT2D eigenvalue weighted by Crippen LogP contribution is 2.23. The van der Waals surface area contributed by atoms with E-state index in [1.165, 1.54) is 12.1 Å². The van der Waals surface area contributed by atoms with Crippen LogP contribution in [0.15, 0.2) is 42.6 Å². The number of fused-ring (bicyclic) bond motifs is 1. The van der Waals surface area contributed by atoms with Gasteiger partial charge in [-0.05, 0) is 23.8 Å². The fourth-order valence-electron chi connectivity index (χ4n) is 2.45. The van der Waals surface area contributed by atoms with Crippen molar-refractivity contribution >= 4 is 16.8 Å². The first-order chi connectivity index (χ1) is 12.0. The topological polar surface area (TPSA) is 67.0 Å². The monoisotopic (exact) mass is 349 g/mol. The van der Waals surface area contributed by atoms with Crippen LogP contribution in [-0.4, -0.2) is 22.7 Å². The van der Waals surface area contributed by atoms with Crippen LogP contribution in [0.1, 0.15) is 11.1 Å². The maximum Gasteiger partial charge on any atom is 0.387 e. The number of rotatable bonds is 6. The van der Waals surface area contributed by atoms with Crippen molar-refractivity contribution in [1.82, 2.24) is 15.5 Å². The summed E-state index contributed by atoms with van der Waals surface area (Å²) < 4.78 is 42.9. The minimum absolute atomic E-state index is 0.0639. The molecule has 1 heterocycles. The number of hydrogen-bond donors (Lipinski definition) is 2. The Morgan fingerprint density at radius 3 is 2.92 bits per heavy atom. The molecule has 3 aromatic rings. The van der Waals surface area contributed by atoms with E-state index < -0.39 is 12.4 Å². The lowest BCUT2D eigenvalue weighted by Gasteiger charge is -2.12. The van der Waals surface area contributed by atoms with E-state index in [2.05, 4.69) is 20.3 Å². The number of nitrogens with one attached hydrogen (secondary N) is 2. The first kappa shape index (κ1) is 16.8. The second-order valence-electron chi connectivity index (χ2n) is 5.34. The van der Waals surface area contributed by atoms with Crippen LogP contribution >= 0.6 is 0 Å². The Kier molecular flexibility index (Phi) is 4.87. The molecule has 8 heteroatoms. The second-order valence-corrected chi connectivity index (χ2v) is 5.34. The third-order valence-corrected chi connectivity index (χ3v) is 3.63. The molecule has 0 radical (unpaired) electrons. The van der Waals surface area contributed by atoms with E-state index in [-0.39, 0.29) is 30.2 Å². The highest BCUT2D eigenvalue weighted by molar-refractivity contribution is 5.82. The fraction of sp³-hybridized carbons (Fsp3) is 0.176. The molecule has 1 aromatic heterocycles. The van der Waals surface area contributed by atoms with Crippen molar-refractivity contribution in [3.63, 3.8) is 0 Å². The van der Waals surface area contributed by atoms with Crippen LogP contribution in [0.2, 0.25) is 0 Å². The van der Waals surface area contributed by atoms with Gasteiger partial charge in [0, 0.05) is 17.5 Å². The van der Waals surface area contributed by atoms with Gasteiger partial charge in [0.15, 0.2) is 0 Å². The van der Waals surface area contributed by atoms with Gasteiger partial charge < -0.3 is 10.1 Å². The number of carbonyl (C=O) groups is 1. The molecule has 0 aliphatic heterocycles. The Hall–Kier alpha value is -3.03. The van der Waals surface area contributed by atoms with Gasteiger partial charge in [0.25, 0.3) is 0 Å². The number of aromatic nitrogens is 2. The maximum absolute atomic E-state index is 13.8. The number of nitrogens with zero attached hydrogens (tertiary/aromatic N) is 1. The minimum Gasteiger partial charge on any atom is -0.434 e. The predicted octanol–water partition coefficient (Wildman–Crippen LogP) is 3.16. The van der Waals surface area contributed by atoms with Crippen molar-refractivity contribution in [2.75, 3.05) is 0 Å².